The molecular weight excluding hydrogens is 399 g/mol. The Balaban J connectivity index is 0.000000184. The van der Waals surface area contributed by atoms with E-state index in [-0.39, 0.29) is 30.5 Å². The summed E-state index contributed by atoms with van der Waals surface area (Å²) in [7, 11) is 0. The fourth-order valence-corrected chi connectivity index (χ4v) is 3.46. The Bertz CT molecular complexity index is 952. The van der Waals surface area contributed by atoms with Gasteiger partial charge in [0.1, 0.15) is 17.6 Å². The summed E-state index contributed by atoms with van der Waals surface area (Å²) in [6, 6.07) is 7.15. The van der Waals surface area contributed by atoms with Gasteiger partial charge in [-0.25, -0.2) is 13.2 Å². The van der Waals surface area contributed by atoms with Gasteiger partial charge in [0.05, 0.1) is 11.7 Å². The molecule has 4 rings (SSSR count). The van der Waals surface area contributed by atoms with Gasteiger partial charge in [-0.15, -0.1) is 0 Å². The lowest BCUT2D eigenvalue weighted by molar-refractivity contribution is -0.126. The van der Waals surface area contributed by atoms with Crippen LogP contribution in [0.2, 0.25) is 0 Å². The molecule has 0 saturated carbocycles. The van der Waals surface area contributed by atoms with Crippen LogP contribution >= 0.6 is 0 Å². The molecule has 0 radical (unpaired) electrons. The summed E-state index contributed by atoms with van der Waals surface area (Å²) in [5.41, 5.74) is 5.77. The molecule has 1 fully saturated rings. The number of pyridine rings is 1. The number of aryl methyl sites for hydroxylation is 1. The largest absolute Gasteiger partial charge is 0.365 e. The van der Waals surface area contributed by atoms with Crippen LogP contribution in [-0.2, 0) is 21.9 Å². The molecule has 160 valence electrons. The number of fused-ring (bicyclic) bond motifs is 1. The first-order valence-electron chi connectivity index (χ1n) is 9.55. The number of hydrogen-bond donors (Lipinski definition) is 2. The van der Waals surface area contributed by atoms with E-state index in [1.165, 1.54) is 18.3 Å². The van der Waals surface area contributed by atoms with Crippen LogP contribution in [0.25, 0.3) is 0 Å². The lowest BCUT2D eigenvalue weighted by Crippen LogP contribution is -2.28. The van der Waals surface area contributed by atoms with Gasteiger partial charge >= 0.3 is 0 Å². The third-order valence-electron chi connectivity index (χ3n) is 4.98. The highest BCUT2D eigenvalue weighted by Crippen LogP contribution is 2.42. The predicted octanol–water partition coefficient (Wildman–Crippen LogP) is 3.55. The number of primary amides is 1. The molecule has 1 aromatic carbocycles. The van der Waals surface area contributed by atoms with Gasteiger partial charge in [0.25, 0.3) is 17.7 Å². The van der Waals surface area contributed by atoms with Crippen molar-refractivity contribution < 1.29 is 27.5 Å². The summed E-state index contributed by atoms with van der Waals surface area (Å²) in [5, 5.41) is 2.69. The third kappa shape index (κ3) is 4.96. The first-order chi connectivity index (χ1) is 14.2. The van der Waals surface area contributed by atoms with Crippen molar-refractivity contribution >= 4 is 17.5 Å². The lowest BCUT2D eigenvalue weighted by atomic mass is 10.1. The first kappa shape index (κ1) is 21.8. The van der Waals surface area contributed by atoms with Crippen molar-refractivity contribution in [2.24, 2.45) is 5.73 Å². The Morgan fingerprint density at radius 2 is 2.03 bits per heavy atom. The van der Waals surface area contributed by atoms with Crippen molar-refractivity contribution in [2.75, 3.05) is 5.32 Å². The predicted molar refractivity (Wildman–Crippen MR) is 104 cm³/mol. The highest BCUT2D eigenvalue weighted by Gasteiger charge is 2.41. The Hall–Kier alpha value is -2.94. The summed E-state index contributed by atoms with van der Waals surface area (Å²) < 4.78 is 44.3. The molecular formula is C21H22F3N3O3. The second-order valence-electron chi connectivity index (χ2n) is 7.27. The maximum atomic E-state index is 13.0. The summed E-state index contributed by atoms with van der Waals surface area (Å²) in [4.78, 5) is 26.6. The highest BCUT2D eigenvalue weighted by molar-refractivity contribution is 5.96. The van der Waals surface area contributed by atoms with Crippen LogP contribution in [0, 0.1) is 5.82 Å². The monoisotopic (exact) mass is 421 g/mol. The Labute approximate surface area is 171 Å². The van der Waals surface area contributed by atoms with Crippen LogP contribution in [0.1, 0.15) is 47.8 Å². The molecule has 3 N–H and O–H groups in total. The average Bonchev–Trinajstić information content (AvgIpc) is 3.26. The molecule has 2 heterocycles. The lowest BCUT2D eigenvalue weighted by Gasteiger charge is -2.11. The third-order valence-corrected chi connectivity index (χ3v) is 4.98. The average molecular weight is 421 g/mol. The number of halogens is 3. The number of hydrogen-bond acceptors (Lipinski definition) is 4. The van der Waals surface area contributed by atoms with Crippen molar-refractivity contribution in [3.8, 4) is 0 Å². The number of amides is 2. The van der Waals surface area contributed by atoms with Gasteiger partial charge in [0, 0.05) is 18.3 Å². The molecule has 1 aromatic heterocycles. The van der Waals surface area contributed by atoms with E-state index in [2.05, 4.69) is 10.3 Å². The van der Waals surface area contributed by atoms with E-state index in [9.17, 15) is 22.8 Å². The van der Waals surface area contributed by atoms with E-state index >= 15 is 0 Å². The second kappa shape index (κ2) is 8.83. The molecule has 2 aliphatic rings. The molecule has 1 aliphatic heterocycles. The van der Waals surface area contributed by atoms with Crippen LogP contribution in [0.15, 0.2) is 36.5 Å². The molecule has 1 aliphatic carbocycles. The van der Waals surface area contributed by atoms with Gasteiger partial charge in [0.2, 0.25) is 0 Å². The number of rotatable bonds is 3. The van der Waals surface area contributed by atoms with Gasteiger partial charge in [-0.3, -0.25) is 14.6 Å². The molecule has 1 unspecified atom stereocenters. The number of benzene rings is 1. The molecule has 30 heavy (non-hydrogen) atoms. The van der Waals surface area contributed by atoms with Crippen molar-refractivity contribution in [2.45, 2.75) is 50.7 Å². The van der Waals surface area contributed by atoms with Crippen LogP contribution in [0.5, 0.6) is 0 Å². The van der Waals surface area contributed by atoms with Crippen LogP contribution in [-0.4, -0.2) is 29.0 Å². The van der Waals surface area contributed by atoms with Gasteiger partial charge in [-0.05, 0) is 49.9 Å². The number of nitrogens with one attached hydrogen (secondary N) is 1. The molecule has 0 bridgehead atoms. The fourth-order valence-electron chi connectivity index (χ4n) is 3.46. The number of nitrogens with zero attached hydrogens (tertiary/aromatic N) is 1. The molecule has 6 nitrogen and oxygen atoms in total. The maximum Gasteiger partial charge on any atom is 0.276 e. The minimum Gasteiger partial charge on any atom is -0.365 e. The standard InChI is InChI=1S/C12H15N3O3.C9H7F3/c1-7-2-3-10(18-7)12(17)15-8-4-5-14-9(6-8)11(13)16;10-7-3-1-2-6-4-5-9(11,12)8(6)7/h4-7,10H,2-3H2,1H3,(H2,13,16)(H,14,15,17);1-3H,4-5H2/t7?,10-;/m1./s1. The van der Waals surface area contributed by atoms with Crippen molar-refractivity contribution in [3.05, 3.63) is 59.2 Å². The number of ether oxygens (including phenoxy) is 1. The fraction of sp³-hybridized carbons (Fsp3) is 0.381. The van der Waals surface area contributed by atoms with Gasteiger partial charge in [0.15, 0.2) is 0 Å². The number of carbonyl (C=O) groups is 2. The normalized spacial score (nSPS) is 21.3. The highest BCUT2D eigenvalue weighted by atomic mass is 19.3. The number of nitrogens with two attached hydrogens (primary N) is 1. The van der Waals surface area contributed by atoms with E-state index in [1.807, 2.05) is 6.92 Å². The molecule has 9 heteroatoms. The topological polar surface area (TPSA) is 94.3 Å². The summed E-state index contributed by atoms with van der Waals surface area (Å²) in [6.07, 6.45) is 2.71. The molecule has 0 spiro atoms. The summed E-state index contributed by atoms with van der Waals surface area (Å²) in [6.45, 7) is 1.94. The zero-order valence-electron chi connectivity index (χ0n) is 16.3. The van der Waals surface area contributed by atoms with Crippen LogP contribution in [0.3, 0.4) is 0 Å². The maximum absolute atomic E-state index is 13.0. The van der Waals surface area contributed by atoms with E-state index < -0.39 is 29.3 Å². The number of anilines is 1. The molecule has 2 atom stereocenters. The Morgan fingerprint density at radius 1 is 1.27 bits per heavy atom. The van der Waals surface area contributed by atoms with Gasteiger partial charge in [-0.2, -0.15) is 0 Å². The van der Waals surface area contributed by atoms with Crippen molar-refractivity contribution in [1.82, 2.24) is 4.98 Å². The second-order valence-corrected chi connectivity index (χ2v) is 7.27. The van der Waals surface area contributed by atoms with E-state index in [0.29, 0.717) is 17.7 Å². The zero-order valence-corrected chi connectivity index (χ0v) is 16.3. The van der Waals surface area contributed by atoms with E-state index in [4.69, 9.17) is 10.5 Å². The number of aromatic nitrogens is 1. The van der Waals surface area contributed by atoms with Crippen LogP contribution < -0.4 is 11.1 Å². The smallest absolute Gasteiger partial charge is 0.276 e. The number of alkyl halides is 2. The van der Waals surface area contributed by atoms with Crippen LogP contribution in [0.4, 0.5) is 18.9 Å². The first-order valence-corrected chi connectivity index (χ1v) is 9.55. The SMILES string of the molecule is CC1CC[C@H](C(=O)Nc2ccnc(C(N)=O)c2)O1.Fc1cccc2c1C(F)(F)CC2. The molecule has 1 saturated heterocycles. The Morgan fingerprint density at radius 3 is 2.67 bits per heavy atom. The van der Waals surface area contributed by atoms with Crippen molar-refractivity contribution in [1.29, 1.82) is 0 Å². The van der Waals surface area contributed by atoms with Gasteiger partial charge < -0.3 is 15.8 Å². The number of carbonyl (C=O) groups excluding carboxylic acids is 2. The Kier molecular flexibility index (Phi) is 6.40. The zero-order chi connectivity index (χ0) is 21.9. The van der Waals surface area contributed by atoms with E-state index in [0.717, 1.165) is 12.5 Å². The minimum atomic E-state index is -2.96. The minimum absolute atomic E-state index is 0.111. The molecule has 2 amide bonds. The molecule has 2 aromatic rings. The summed E-state index contributed by atoms with van der Waals surface area (Å²) in [5.74, 6) is -4.58. The van der Waals surface area contributed by atoms with E-state index in [1.54, 1.807) is 12.1 Å². The van der Waals surface area contributed by atoms with Gasteiger partial charge in [-0.1, -0.05) is 12.1 Å². The van der Waals surface area contributed by atoms with Crippen molar-refractivity contribution in [3.63, 3.8) is 0 Å². The summed E-state index contributed by atoms with van der Waals surface area (Å²) >= 11 is 0. The quantitative estimate of drug-likeness (QED) is 0.793.